The van der Waals surface area contributed by atoms with Gasteiger partial charge in [-0.25, -0.2) is 4.39 Å². The van der Waals surface area contributed by atoms with Gasteiger partial charge in [0.15, 0.2) is 0 Å². The highest BCUT2D eigenvalue weighted by Gasteiger charge is 2.20. The number of halogens is 3. The Morgan fingerprint density at radius 3 is 2.65 bits per heavy atom. The molecular weight excluding hydrogens is 400 g/mol. The van der Waals surface area contributed by atoms with E-state index in [1.807, 2.05) is 6.92 Å². The van der Waals surface area contributed by atoms with E-state index >= 15 is 0 Å². The normalized spacial score (nSPS) is 13.5. The van der Waals surface area contributed by atoms with E-state index < -0.39 is 11.7 Å². The topological polar surface area (TPSA) is 70.2 Å². The molecule has 0 saturated carbocycles. The average molecular weight is 418 g/mol. The Hall–Kier alpha value is -1.67. The molecule has 1 aliphatic heterocycles. The van der Waals surface area contributed by atoms with Crippen molar-refractivity contribution in [2.75, 3.05) is 25.0 Å². The molecule has 2 aromatic rings. The highest BCUT2D eigenvalue weighted by molar-refractivity contribution is 7.18. The second-order valence-electron chi connectivity index (χ2n) is 5.94. The van der Waals surface area contributed by atoms with Gasteiger partial charge in [-0.2, -0.15) is 0 Å². The van der Waals surface area contributed by atoms with Gasteiger partial charge in [0.25, 0.3) is 11.8 Å². The lowest BCUT2D eigenvalue weighted by atomic mass is 10.0. The van der Waals surface area contributed by atoms with Gasteiger partial charge in [-0.05, 0) is 36.8 Å². The van der Waals surface area contributed by atoms with Crippen molar-refractivity contribution in [1.82, 2.24) is 10.6 Å². The van der Waals surface area contributed by atoms with Crippen LogP contribution in [-0.4, -0.2) is 31.4 Å². The van der Waals surface area contributed by atoms with Gasteiger partial charge in [-0.15, -0.1) is 23.7 Å². The fraction of sp³-hybridized carbons (Fsp3) is 0.294. The van der Waals surface area contributed by atoms with E-state index in [-0.39, 0.29) is 28.9 Å². The van der Waals surface area contributed by atoms with Crippen molar-refractivity contribution in [2.24, 2.45) is 5.92 Å². The standard InChI is InChI=1S/C17H17ClFN3O2S.ClH/c1-9-4-14(22-16(23)12-3-2-11(19)5-13(12)18)25-15(9)17(24)21-8-10-6-20-7-10;/h2-5,10,20H,6-8H2,1H3,(H,21,24)(H,22,23);1H. The van der Waals surface area contributed by atoms with Gasteiger partial charge in [-0.1, -0.05) is 11.6 Å². The van der Waals surface area contributed by atoms with Crippen LogP contribution in [-0.2, 0) is 0 Å². The van der Waals surface area contributed by atoms with Crippen molar-refractivity contribution < 1.29 is 14.0 Å². The number of hydrogen-bond donors (Lipinski definition) is 3. The summed E-state index contributed by atoms with van der Waals surface area (Å²) in [6, 6.07) is 5.33. The lowest BCUT2D eigenvalue weighted by Crippen LogP contribution is -2.48. The van der Waals surface area contributed by atoms with Gasteiger partial charge in [0.1, 0.15) is 5.82 Å². The van der Waals surface area contributed by atoms with Crippen molar-refractivity contribution in [2.45, 2.75) is 6.92 Å². The third-order valence-corrected chi connectivity index (χ3v) is 5.42. The predicted molar refractivity (Wildman–Crippen MR) is 104 cm³/mol. The smallest absolute Gasteiger partial charge is 0.261 e. The molecule has 1 aliphatic rings. The monoisotopic (exact) mass is 417 g/mol. The summed E-state index contributed by atoms with van der Waals surface area (Å²) in [4.78, 5) is 25.1. The lowest BCUT2D eigenvalue weighted by Gasteiger charge is -2.26. The quantitative estimate of drug-likeness (QED) is 0.697. The average Bonchev–Trinajstić information content (AvgIpc) is 2.85. The molecule has 0 aliphatic carbocycles. The SMILES string of the molecule is Cc1cc(NC(=O)c2ccc(F)cc2Cl)sc1C(=O)NCC1CNC1.Cl. The molecule has 1 aromatic carbocycles. The van der Waals surface area contributed by atoms with Gasteiger partial charge >= 0.3 is 0 Å². The minimum absolute atomic E-state index is 0. The van der Waals surface area contributed by atoms with Crippen LogP contribution in [0.3, 0.4) is 0 Å². The minimum atomic E-state index is -0.505. The van der Waals surface area contributed by atoms with Crippen LogP contribution in [0.5, 0.6) is 0 Å². The summed E-state index contributed by atoms with van der Waals surface area (Å²) in [5.74, 6) is -0.619. The van der Waals surface area contributed by atoms with Crippen LogP contribution in [0.25, 0.3) is 0 Å². The number of carbonyl (C=O) groups excluding carboxylic acids is 2. The molecule has 140 valence electrons. The fourth-order valence-electron chi connectivity index (χ4n) is 2.43. The van der Waals surface area contributed by atoms with Crippen LogP contribution >= 0.6 is 35.3 Å². The second kappa shape index (κ2) is 8.81. The Morgan fingerprint density at radius 1 is 1.31 bits per heavy atom. The summed E-state index contributed by atoms with van der Waals surface area (Å²) in [6.45, 7) is 4.29. The summed E-state index contributed by atoms with van der Waals surface area (Å²) in [5, 5.41) is 9.35. The van der Waals surface area contributed by atoms with Crippen molar-refractivity contribution in [3.05, 3.63) is 51.1 Å². The van der Waals surface area contributed by atoms with Crippen LogP contribution < -0.4 is 16.0 Å². The molecule has 26 heavy (non-hydrogen) atoms. The van der Waals surface area contributed by atoms with E-state index in [2.05, 4.69) is 16.0 Å². The van der Waals surface area contributed by atoms with Gasteiger partial charge in [0.05, 0.1) is 20.5 Å². The highest BCUT2D eigenvalue weighted by Crippen LogP contribution is 2.28. The van der Waals surface area contributed by atoms with Crippen molar-refractivity contribution >= 4 is 52.2 Å². The molecule has 3 N–H and O–H groups in total. The van der Waals surface area contributed by atoms with Gasteiger partial charge < -0.3 is 16.0 Å². The Morgan fingerprint density at radius 2 is 2.04 bits per heavy atom. The van der Waals surface area contributed by atoms with Crippen LogP contribution in [0.4, 0.5) is 9.39 Å². The number of nitrogens with one attached hydrogen (secondary N) is 3. The molecule has 9 heteroatoms. The number of hydrogen-bond acceptors (Lipinski definition) is 4. The van der Waals surface area contributed by atoms with Gasteiger partial charge in [-0.3, -0.25) is 9.59 Å². The predicted octanol–water partition coefficient (Wildman–Crippen LogP) is 3.47. The Balaban J connectivity index is 0.00000243. The molecule has 1 fully saturated rings. The summed E-state index contributed by atoms with van der Waals surface area (Å²) in [7, 11) is 0. The van der Waals surface area contributed by atoms with E-state index in [0.717, 1.165) is 24.7 Å². The Bertz CT molecular complexity index is 824. The fourth-order valence-corrected chi connectivity index (χ4v) is 3.67. The third-order valence-electron chi connectivity index (χ3n) is 3.95. The highest BCUT2D eigenvalue weighted by atomic mass is 35.5. The van der Waals surface area contributed by atoms with E-state index in [4.69, 9.17) is 11.6 Å². The molecule has 5 nitrogen and oxygen atoms in total. The lowest BCUT2D eigenvalue weighted by molar-refractivity contribution is 0.0945. The third kappa shape index (κ3) is 4.73. The molecule has 1 saturated heterocycles. The van der Waals surface area contributed by atoms with Gasteiger partial charge in [0.2, 0.25) is 0 Å². The van der Waals surface area contributed by atoms with E-state index in [1.54, 1.807) is 6.07 Å². The zero-order chi connectivity index (χ0) is 18.0. The van der Waals surface area contributed by atoms with E-state index in [0.29, 0.717) is 22.3 Å². The molecule has 0 unspecified atom stereocenters. The van der Waals surface area contributed by atoms with Crippen LogP contribution in [0, 0.1) is 18.7 Å². The number of thiophene rings is 1. The number of carbonyl (C=O) groups is 2. The molecule has 0 atom stereocenters. The zero-order valence-electron chi connectivity index (χ0n) is 13.9. The first-order chi connectivity index (χ1) is 11.9. The summed E-state index contributed by atoms with van der Waals surface area (Å²) in [5.41, 5.74) is 0.965. The molecule has 3 rings (SSSR count). The second-order valence-corrected chi connectivity index (χ2v) is 7.39. The first-order valence-electron chi connectivity index (χ1n) is 7.80. The molecule has 2 heterocycles. The molecule has 1 aromatic heterocycles. The largest absolute Gasteiger partial charge is 0.351 e. The zero-order valence-corrected chi connectivity index (χ0v) is 16.3. The van der Waals surface area contributed by atoms with Crippen molar-refractivity contribution in [3.63, 3.8) is 0 Å². The number of rotatable bonds is 5. The van der Waals surface area contributed by atoms with Crippen molar-refractivity contribution in [1.29, 1.82) is 0 Å². The molecule has 2 amide bonds. The number of aryl methyl sites for hydroxylation is 1. The Kier molecular flexibility index (Phi) is 7.00. The van der Waals surface area contributed by atoms with Gasteiger partial charge in [0, 0.05) is 25.6 Å². The summed E-state index contributed by atoms with van der Waals surface area (Å²) in [6.07, 6.45) is 0. The van der Waals surface area contributed by atoms with E-state index in [1.165, 1.54) is 23.5 Å². The number of anilines is 1. The number of benzene rings is 1. The maximum Gasteiger partial charge on any atom is 0.261 e. The van der Waals surface area contributed by atoms with Crippen LogP contribution in [0.2, 0.25) is 5.02 Å². The maximum absolute atomic E-state index is 13.1. The minimum Gasteiger partial charge on any atom is -0.351 e. The van der Waals surface area contributed by atoms with Crippen molar-refractivity contribution in [3.8, 4) is 0 Å². The first kappa shape index (κ1) is 20.6. The first-order valence-corrected chi connectivity index (χ1v) is 8.99. The van der Waals surface area contributed by atoms with E-state index in [9.17, 15) is 14.0 Å². The molecule has 0 spiro atoms. The van der Waals surface area contributed by atoms with Crippen LogP contribution in [0.1, 0.15) is 25.6 Å². The summed E-state index contributed by atoms with van der Waals surface area (Å²) < 4.78 is 13.1. The molecular formula is C17H18Cl2FN3O2S. The number of amides is 2. The molecule has 0 radical (unpaired) electrons. The molecule has 0 bridgehead atoms. The Labute approximate surface area is 165 Å². The summed E-state index contributed by atoms with van der Waals surface area (Å²) >= 11 is 7.10. The maximum atomic E-state index is 13.1. The van der Waals surface area contributed by atoms with Crippen LogP contribution in [0.15, 0.2) is 24.3 Å².